The highest BCUT2D eigenvalue weighted by molar-refractivity contribution is 6.01. The Hall–Kier alpha value is -1.90. The van der Waals surface area contributed by atoms with E-state index in [1.54, 1.807) is 6.08 Å². The van der Waals surface area contributed by atoms with E-state index >= 15 is 0 Å². The maximum absolute atomic E-state index is 12.9. The highest BCUT2D eigenvalue weighted by Gasteiger charge is 2.56. The number of ketones is 1. The molecule has 122 valence electrons. The van der Waals surface area contributed by atoms with Crippen molar-refractivity contribution in [3.63, 3.8) is 0 Å². The molecule has 1 aromatic carbocycles. The SMILES string of the molecule is CCCCCC[C@H]1CC(=O)C=C(C)[C@@]12C(=O)Oc1ccccc12. The number of unbranched alkanes of at least 4 members (excludes halogenated alkanes) is 3. The summed E-state index contributed by atoms with van der Waals surface area (Å²) >= 11 is 0. The second-order valence-electron chi connectivity index (χ2n) is 6.74. The van der Waals surface area contributed by atoms with Crippen LogP contribution in [0.25, 0.3) is 0 Å². The van der Waals surface area contributed by atoms with E-state index in [1.165, 1.54) is 12.8 Å². The van der Waals surface area contributed by atoms with Crippen molar-refractivity contribution < 1.29 is 14.3 Å². The lowest BCUT2D eigenvalue weighted by Gasteiger charge is -2.38. The molecule has 1 heterocycles. The summed E-state index contributed by atoms with van der Waals surface area (Å²) in [7, 11) is 0. The van der Waals surface area contributed by atoms with E-state index < -0.39 is 5.41 Å². The molecule has 0 aromatic heterocycles. The fourth-order valence-electron chi connectivity index (χ4n) is 4.20. The van der Waals surface area contributed by atoms with Gasteiger partial charge in [0.1, 0.15) is 11.2 Å². The van der Waals surface area contributed by atoms with Gasteiger partial charge in [-0.05, 0) is 37.0 Å². The second kappa shape index (κ2) is 6.31. The van der Waals surface area contributed by atoms with Crippen LogP contribution >= 0.6 is 0 Å². The van der Waals surface area contributed by atoms with Gasteiger partial charge < -0.3 is 4.74 Å². The Balaban J connectivity index is 2.00. The molecular formula is C20H24O3. The number of carbonyl (C=O) groups excluding carboxylic acids is 2. The first kappa shape index (κ1) is 16.0. The Morgan fingerprint density at radius 2 is 1.96 bits per heavy atom. The number of carbonyl (C=O) groups is 2. The Kier molecular flexibility index (Phi) is 4.38. The molecular weight excluding hydrogens is 288 g/mol. The molecule has 2 aliphatic rings. The fourth-order valence-corrected chi connectivity index (χ4v) is 4.20. The van der Waals surface area contributed by atoms with Gasteiger partial charge in [0, 0.05) is 12.0 Å². The number of rotatable bonds is 5. The third kappa shape index (κ3) is 2.52. The largest absolute Gasteiger partial charge is 0.425 e. The summed E-state index contributed by atoms with van der Waals surface area (Å²) in [6.45, 7) is 4.09. The third-order valence-electron chi connectivity index (χ3n) is 5.30. The number of hydrogen-bond donors (Lipinski definition) is 0. The smallest absolute Gasteiger partial charge is 0.326 e. The number of benzene rings is 1. The zero-order valence-corrected chi connectivity index (χ0v) is 13.9. The summed E-state index contributed by atoms with van der Waals surface area (Å²) in [5.74, 6) is 0.581. The summed E-state index contributed by atoms with van der Waals surface area (Å²) in [4.78, 5) is 25.0. The van der Waals surface area contributed by atoms with Crippen LogP contribution in [0.5, 0.6) is 5.75 Å². The predicted molar refractivity (Wildman–Crippen MR) is 89.4 cm³/mol. The fraction of sp³-hybridized carbons (Fsp3) is 0.500. The quantitative estimate of drug-likeness (QED) is 0.461. The van der Waals surface area contributed by atoms with Gasteiger partial charge in [-0.15, -0.1) is 0 Å². The van der Waals surface area contributed by atoms with Crippen LogP contribution in [0.4, 0.5) is 0 Å². The molecule has 0 unspecified atom stereocenters. The Bertz CT molecular complexity index is 659. The Morgan fingerprint density at radius 1 is 1.17 bits per heavy atom. The minimum atomic E-state index is -0.753. The minimum Gasteiger partial charge on any atom is -0.425 e. The second-order valence-corrected chi connectivity index (χ2v) is 6.74. The van der Waals surface area contributed by atoms with Gasteiger partial charge in [-0.2, -0.15) is 0 Å². The summed E-state index contributed by atoms with van der Waals surface area (Å²) in [6.07, 6.45) is 7.55. The van der Waals surface area contributed by atoms with Gasteiger partial charge in [0.15, 0.2) is 5.78 Å². The van der Waals surface area contributed by atoms with Crippen LogP contribution in [-0.4, -0.2) is 11.8 Å². The van der Waals surface area contributed by atoms with E-state index in [0.29, 0.717) is 12.2 Å². The van der Waals surface area contributed by atoms with Gasteiger partial charge in [0.05, 0.1) is 0 Å². The van der Waals surface area contributed by atoms with Gasteiger partial charge in [-0.3, -0.25) is 9.59 Å². The topological polar surface area (TPSA) is 43.4 Å². The lowest BCUT2D eigenvalue weighted by molar-refractivity contribution is -0.139. The van der Waals surface area contributed by atoms with Crippen molar-refractivity contribution in [3.8, 4) is 5.75 Å². The van der Waals surface area contributed by atoms with E-state index in [1.807, 2.05) is 31.2 Å². The molecule has 0 saturated carbocycles. The molecule has 0 bridgehead atoms. The first-order chi connectivity index (χ1) is 11.1. The van der Waals surface area contributed by atoms with Gasteiger partial charge in [0.25, 0.3) is 0 Å². The molecule has 0 saturated heterocycles. The molecule has 0 N–H and O–H groups in total. The number of esters is 1. The summed E-state index contributed by atoms with van der Waals surface area (Å²) < 4.78 is 5.57. The van der Waals surface area contributed by atoms with Crippen molar-refractivity contribution in [2.45, 2.75) is 57.8 Å². The lowest BCUT2D eigenvalue weighted by Crippen LogP contribution is -2.46. The lowest BCUT2D eigenvalue weighted by atomic mass is 9.61. The van der Waals surface area contributed by atoms with Crippen molar-refractivity contribution in [1.82, 2.24) is 0 Å². The van der Waals surface area contributed by atoms with Crippen LogP contribution in [-0.2, 0) is 15.0 Å². The number of hydrogen-bond acceptors (Lipinski definition) is 3. The van der Waals surface area contributed by atoms with E-state index in [0.717, 1.165) is 30.4 Å². The molecule has 1 aliphatic heterocycles. The van der Waals surface area contributed by atoms with Crippen LogP contribution in [0.1, 0.15) is 57.9 Å². The first-order valence-corrected chi connectivity index (χ1v) is 8.64. The van der Waals surface area contributed by atoms with E-state index in [2.05, 4.69) is 6.92 Å². The number of allylic oxidation sites excluding steroid dienone is 1. The zero-order valence-electron chi connectivity index (χ0n) is 13.9. The molecule has 2 atom stereocenters. The molecule has 23 heavy (non-hydrogen) atoms. The van der Waals surface area contributed by atoms with E-state index in [4.69, 9.17) is 4.74 Å². The molecule has 3 heteroatoms. The van der Waals surface area contributed by atoms with E-state index in [-0.39, 0.29) is 17.7 Å². The zero-order chi connectivity index (χ0) is 16.4. The Labute approximate surface area is 137 Å². The highest BCUT2D eigenvalue weighted by Crippen LogP contribution is 2.53. The number of fused-ring (bicyclic) bond motifs is 2. The predicted octanol–water partition coefficient (Wildman–Crippen LogP) is 4.35. The molecule has 0 amide bonds. The summed E-state index contributed by atoms with van der Waals surface area (Å²) in [6, 6.07) is 7.65. The molecule has 0 radical (unpaired) electrons. The van der Waals surface area contributed by atoms with Crippen LogP contribution < -0.4 is 4.74 Å². The minimum absolute atomic E-state index is 0.00741. The van der Waals surface area contributed by atoms with Crippen molar-refractivity contribution in [3.05, 3.63) is 41.5 Å². The molecule has 1 aliphatic carbocycles. The third-order valence-corrected chi connectivity index (χ3v) is 5.30. The normalized spacial score (nSPS) is 26.2. The van der Waals surface area contributed by atoms with Crippen LogP contribution in [0.2, 0.25) is 0 Å². The molecule has 3 rings (SSSR count). The van der Waals surface area contributed by atoms with Crippen molar-refractivity contribution in [1.29, 1.82) is 0 Å². The average molecular weight is 312 g/mol. The van der Waals surface area contributed by atoms with Crippen molar-refractivity contribution >= 4 is 11.8 Å². The van der Waals surface area contributed by atoms with Gasteiger partial charge >= 0.3 is 5.97 Å². The summed E-state index contributed by atoms with van der Waals surface area (Å²) in [5, 5.41) is 0. The van der Waals surface area contributed by atoms with E-state index in [9.17, 15) is 9.59 Å². The van der Waals surface area contributed by atoms with Crippen LogP contribution in [0.15, 0.2) is 35.9 Å². The van der Waals surface area contributed by atoms with Gasteiger partial charge in [-0.25, -0.2) is 0 Å². The molecule has 3 nitrogen and oxygen atoms in total. The van der Waals surface area contributed by atoms with Crippen LogP contribution in [0.3, 0.4) is 0 Å². The Morgan fingerprint density at radius 3 is 2.74 bits per heavy atom. The average Bonchev–Trinajstić information content (AvgIpc) is 2.82. The van der Waals surface area contributed by atoms with Crippen molar-refractivity contribution in [2.75, 3.05) is 0 Å². The number of para-hydroxylation sites is 1. The maximum atomic E-state index is 12.9. The van der Waals surface area contributed by atoms with Crippen LogP contribution in [0, 0.1) is 5.92 Å². The monoisotopic (exact) mass is 312 g/mol. The number of ether oxygens (including phenoxy) is 1. The maximum Gasteiger partial charge on any atom is 0.326 e. The highest BCUT2D eigenvalue weighted by atomic mass is 16.5. The van der Waals surface area contributed by atoms with Gasteiger partial charge in [0.2, 0.25) is 0 Å². The standard InChI is InChI=1S/C20H24O3/c1-3-4-5-6-9-15-13-16(21)12-14(2)20(15)17-10-7-8-11-18(17)23-19(20)22/h7-8,10-12,15H,3-6,9,13H2,1-2H3/t15-,20+/m0/s1. The molecule has 1 aromatic rings. The summed E-state index contributed by atoms with van der Waals surface area (Å²) in [5.41, 5.74) is 1.02. The van der Waals surface area contributed by atoms with Crippen molar-refractivity contribution in [2.24, 2.45) is 5.92 Å². The molecule has 0 fully saturated rings. The van der Waals surface area contributed by atoms with Gasteiger partial charge in [-0.1, -0.05) is 50.8 Å². The first-order valence-electron chi connectivity index (χ1n) is 8.64. The molecule has 1 spiro atoms.